The highest BCUT2D eigenvalue weighted by Crippen LogP contribution is 2.17. The topological polar surface area (TPSA) is 70.9 Å². The fraction of sp³-hybridized carbons (Fsp3) is 0.308. The minimum atomic E-state index is 0.697. The molecule has 0 saturated carbocycles. The van der Waals surface area contributed by atoms with E-state index in [1.54, 1.807) is 4.52 Å². The van der Waals surface area contributed by atoms with Crippen LogP contribution >= 0.6 is 0 Å². The summed E-state index contributed by atoms with van der Waals surface area (Å²) < 4.78 is 1.81. The number of aromatic amines is 1. The molecule has 0 saturated heterocycles. The van der Waals surface area contributed by atoms with Gasteiger partial charge in [-0.2, -0.15) is 10.2 Å². The van der Waals surface area contributed by atoms with Crippen molar-refractivity contribution in [3.63, 3.8) is 0 Å². The molecule has 98 valence electrons. The number of hydrogen-bond acceptors (Lipinski definition) is 4. The van der Waals surface area contributed by atoms with Gasteiger partial charge in [0.1, 0.15) is 0 Å². The van der Waals surface area contributed by atoms with Gasteiger partial charge < -0.3 is 5.32 Å². The van der Waals surface area contributed by atoms with E-state index in [0.717, 1.165) is 34.0 Å². The van der Waals surface area contributed by atoms with E-state index in [9.17, 15) is 0 Å². The lowest BCUT2D eigenvalue weighted by atomic mass is 10.3. The average molecular weight is 256 g/mol. The highest BCUT2D eigenvalue weighted by Gasteiger charge is 2.06. The highest BCUT2D eigenvalue weighted by molar-refractivity contribution is 5.51. The summed E-state index contributed by atoms with van der Waals surface area (Å²) in [4.78, 5) is 4.38. The summed E-state index contributed by atoms with van der Waals surface area (Å²) in [6, 6.07) is 1.96. The molecule has 0 aromatic carbocycles. The Balaban J connectivity index is 1.81. The molecule has 0 amide bonds. The van der Waals surface area contributed by atoms with Crippen molar-refractivity contribution in [3.8, 4) is 0 Å². The molecule has 3 aromatic rings. The smallest absolute Gasteiger partial charge is 0.155 e. The third kappa shape index (κ3) is 2.16. The number of aryl methyl sites for hydroxylation is 3. The first-order chi connectivity index (χ1) is 9.13. The van der Waals surface area contributed by atoms with Gasteiger partial charge in [-0.05, 0) is 20.8 Å². The molecule has 0 bridgehead atoms. The Labute approximate surface area is 110 Å². The van der Waals surface area contributed by atoms with E-state index < -0.39 is 0 Å². The van der Waals surface area contributed by atoms with Crippen molar-refractivity contribution in [2.45, 2.75) is 27.3 Å². The maximum atomic E-state index is 4.38. The Morgan fingerprint density at radius 3 is 2.89 bits per heavy atom. The van der Waals surface area contributed by atoms with Crippen molar-refractivity contribution in [1.29, 1.82) is 0 Å². The maximum Gasteiger partial charge on any atom is 0.155 e. The maximum absolute atomic E-state index is 4.38. The van der Waals surface area contributed by atoms with Crippen molar-refractivity contribution in [2.24, 2.45) is 0 Å². The number of nitrogens with one attached hydrogen (secondary N) is 2. The lowest BCUT2D eigenvalue weighted by molar-refractivity contribution is 0.895. The number of rotatable bonds is 3. The fourth-order valence-corrected chi connectivity index (χ4v) is 2.13. The Hall–Kier alpha value is -2.37. The molecule has 0 aliphatic heterocycles. The second-order valence-electron chi connectivity index (χ2n) is 4.71. The number of H-pyrrole nitrogens is 1. The molecule has 2 N–H and O–H groups in total. The Morgan fingerprint density at radius 2 is 2.16 bits per heavy atom. The van der Waals surface area contributed by atoms with Gasteiger partial charge in [-0.25, -0.2) is 9.50 Å². The van der Waals surface area contributed by atoms with Crippen molar-refractivity contribution < 1.29 is 0 Å². The summed E-state index contributed by atoms with van der Waals surface area (Å²) in [6.07, 6.45) is 3.86. The minimum absolute atomic E-state index is 0.697. The van der Waals surface area contributed by atoms with Gasteiger partial charge in [0.2, 0.25) is 0 Å². The molecule has 6 nitrogen and oxygen atoms in total. The molecule has 0 atom stereocenters. The molecule has 3 heterocycles. The van der Waals surface area contributed by atoms with Gasteiger partial charge in [0.25, 0.3) is 0 Å². The van der Waals surface area contributed by atoms with Crippen LogP contribution in [0.2, 0.25) is 0 Å². The first-order valence-corrected chi connectivity index (χ1v) is 6.20. The Kier molecular flexibility index (Phi) is 2.70. The molecule has 6 heteroatoms. The van der Waals surface area contributed by atoms with Crippen LogP contribution < -0.4 is 5.32 Å². The molecule has 0 unspecified atom stereocenters. The fourth-order valence-electron chi connectivity index (χ4n) is 2.13. The Morgan fingerprint density at radius 1 is 1.32 bits per heavy atom. The lowest BCUT2D eigenvalue weighted by Crippen LogP contribution is -2.03. The van der Waals surface area contributed by atoms with E-state index in [1.807, 2.05) is 39.2 Å². The zero-order valence-corrected chi connectivity index (χ0v) is 11.2. The number of aromatic nitrogens is 5. The van der Waals surface area contributed by atoms with Crippen molar-refractivity contribution >= 4 is 11.3 Å². The van der Waals surface area contributed by atoms with E-state index in [4.69, 9.17) is 0 Å². The van der Waals surface area contributed by atoms with Crippen LogP contribution in [0.1, 0.15) is 22.6 Å². The first kappa shape index (κ1) is 11.7. The largest absolute Gasteiger partial charge is 0.378 e. The standard InChI is InChI=1S/C13H16N6/c1-8-4-12-14-5-11(7-19(12)18-8)6-15-13-9(2)16-17-10(13)3/h4-5,7,15H,6H2,1-3H3,(H,16,17). The highest BCUT2D eigenvalue weighted by atomic mass is 15.2. The van der Waals surface area contributed by atoms with Gasteiger partial charge in [0, 0.05) is 30.6 Å². The van der Waals surface area contributed by atoms with E-state index in [1.165, 1.54) is 0 Å². The third-order valence-electron chi connectivity index (χ3n) is 3.09. The van der Waals surface area contributed by atoms with Gasteiger partial charge in [-0.15, -0.1) is 0 Å². The van der Waals surface area contributed by atoms with Gasteiger partial charge in [-0.1, -0.05) is 0 Å². The normalized spacial score (nSPS) is 11.1. The molecule has 0 aliphatic carbocycles. The van der Waals surface area contributed by atoms with Crippen LogP contribution in [0.4, 0.5) is 5.69 Å². The SMILES string of the molecule is Cc1cc2ncc(CNc3c(C)n[nH]c3C)cn2n1. The number of anilines is 1. The van der Waals surface area contributed by atoms with Crippen LogP contribution in [0.15, 0.2) is 18.5 Å². The molecule has 0 aliphatic rings. The number of fused-ring (bicyclic) bond motifs is 1. The summed E-state index contributed by atoms with van der Waals surface area (Å²) in [5.74, 6) is 0. The van der Waals surface area contributed by atoms with Gasteiger partial charge in [0.05, 0.1) is 22.8 Å². The van der Waals surface area contributed by atoms with Gasteiger partial charge in [-0.3, -0.25) is 5.10 Å². The number of nitrogens with zero attached hydrogens (tertiary/aromatic N) is 4. The Bertz CT molecular complexity index is 704. The van der Waals surface area contributed by atoms with Gasteiger partial charge >= 0.3 is 0 Å². The summed E-state index contributed by atoms with van der Waals surface area (Å²) in [5, 5.41) is 14.9. The monoisotopic (exact) mass is 256 g/mol. The van der Waals surface area contributed by atoms with Crippen LogP contribution in [-0.2, 0) is 6.54 Å². The summed E-state index contributed by atoms with van der Waals surface area (Å²) in [6.45, 7) is 6.64. The summed E-state index contributed by atoms with van der Waals surface area (Å²) in [5.41, 5.74) is 5.99. The molecule has 0 spiro atoms. The summed E-state index contributed by atoms with van der Waals surface area (Å²) >= 11 is 0. The molecular formula is C13H16N6. The van der Waals surface area contributed by atoms with Crippen LogP contribution in [0.25, 0.3) is 5.65 Å². The van der Waals surface area contributed by atoms with Crippen molar-refractivity contribution in [3.05, 3.63) is 41.1 Å². The molecular weight excluding hydrogens is 240 g/mol. The van der Waals surface area contributed by atoms with Gasteiger partial charge in [0.15, 0.2) is 5.65 Å². The lowest BCUT2D eigenvalue weighted by Gasteiger charge is -2.06. The van der Waals surface area contributed by atoms with Crippen molar-refractivity contribution in [2.75, 3.05) is 5.32 Å². The minimum Gasteiger partial charge on any atom is -0.378 e. The molecule has 0 radical (unpaired) electrons. The second-order valence-corrected chi connectivity index (χ2v) is 4.71. The first-order valence-electron chi connectivity index (χ1n) is 6.20. The van der Waals surface area contributed by atoms with E-state index in [-0.39, 0.29) is 0 Å². The molecule has 0 fully saturated rings. The number of hydrogen-bond donors (Lipinski definition) is 2. The zero-order chi connectivity index (χ0) is 13.4. The third-order valence-corrected chi connectivity index (χ3v) is 3.09. The average Bonchev–Trinajstić information content (AvgIpc) is 2.89. The van der Waals surface area contributed by atoms with E-state index in [0.29, 0.717) is 6.54 Å². The molecule has 19 heavy (non-hydrogen) atoms. The van der Waals surface area contributed by atoms with E-state index in [2.05, 4.69) is 25.6 Å². The predicted molar refractivity (Wildman–Crippen MR) is 73.1 cm³/mol. The van der Waals surface area contributed by atoms with Crippen LogP contribution in [0.3, 0.4) is 0 Å². The van der Waals surface area contributed by atoms with E-state index >= 15 is 0 Å². The quantitative estimate of drug-likeness (QED) is 0.751. The second kappa shape index (κ2) is 4.38. The van der Waals surface area contributed by atoms with Crippen LogP contribution in [0, 0.1) is 20.8 Å². The predicted octanol–water partition coefficient (Wildman–Crippen LogP) is 1.99. The zero-order valence-electron chi connectivity index (χ0n) is 11.2. The van der Waals surface area contributed by atoms with Crippen molar-refractivity contribution in [1.82, 2.24) is 24.8 Å². The molecule has 3 aromatic heterocycles. The molecule has 3 rings (SSSR count). The summed E-state index contributed by atoms with van der Waals surface area (Å²) in [7, 11) is 0. The van der Waals surface area contributed by atoms with Crippen LogP contribution in [-0.4, -0.2) is 24.8 Å². The van der Waals surface area contributed by atoms with Crippen LogP contribution in [0.5, 0.6) is 0 Å².